The average molecular weight is 441 g/mol. The van der Waals surface area contributed by atoms with Gasteiger partial charge in [0.2, 0.25) is 0 Å². The van der Waals surface area contributed by atoms with Gasteiger partial charge in [-0.25, -0.2) is 0 Å². The van der Waals surface area contributed by atoms with Gasteiger partial charge in [0, 0.05) is 17.0 Å². The second-order valence-corrected chi connectivity index (χ2v) is 8.56. The molecule has 2 aromatic carbocycles. The lowest BCUT2D eigenvalue weighted by Gasteiger charge is -2.39. The normalized spacial score (nSPS) is 26.9. The molecule has 2 aromatic rings. The Hall–Kier alpha value is -1.48. The molecular formula is C21H25ClO6S. The van der Waals surface area contributed by atoms with Gasteiger partial charge in [0.05, 0.1) is 24.6 Å². The maximum Gasteiger partial charge on any atom is 0.173 e. The van der Waals surface area contributed by atoms with Crippen molar-refractivity contribution in [1.29, 1.82) is 0 Å². The molecule has 0 bridgehead atoms. The van der Waals surface area contributed by atoms with Crippen molar-refractivity contribution in [3.05, 3.63) is 58.6 Å². The molecule has 0 unspecified atom stereocenters. The molecule has 8 heteroatoms. The first kappa shape index (κ1) is 22.2. The van der Waals surface area contributed by atoms with Crippen LogP contribution in [0.25, 0.3) is 0 Å². The highest BCUT2D eigenvalue weighted by molar-refractivity contribution is 8.00. The predicted molar refractivity (Wildman–Crippen MR) is 113 cm³/mol. The molecule has 1 heterocycles. The second kappa shape index (κ2) is 10.0. The van der Waals surface area contributed by atoms with Crippen LogP contribution in [-0.4, -0.2) is 62.6 Å². The zero-order valence-corrected chi connectivity index (χ0v) is 17.5. The van der Waals surface area contributed by atoms with Gasteiger partial charge < -0.3 is 29.9 Å². The van der Waals surface area contributed by atoms with E-state index in [0.717, 1.165) is 28.6 Å². The zero-order chi connectivity index (χ0) is 21.0. The van der Waals surface area contributed by atoms with Crippen LogP contribution in [-0.2, 0) is 6.42 Å². The molecule has 0 spiro atoms. The molecule has 158 valence electrons. The van der Waals surface area contributed by atoms with E-state index in [4.69, 9.17) is 21.1 Å². The second-order valence-electron chi connectivity index (χ2n) is 6.78. The van der Waals surface area contributed by atoms with Crippen molar-refractivity contribution in [3.63, 3.8) is 0 Å². The van der Waals surface area contributed by atoms with Crippen LogP contribution in [0.1, 0.15) is 18.1 Å². The number of hydrogen-bond donors (Lipinski definition) is 4. The van der Waals surface area contributed by atoms with Gasteiger partial charge in [-0.15, -0.1) is 11.8 Å². The van der Waals surface area contributed by atoms with Crippen molar-refractivity contribution < 1.29 is 29.9 Å². The van der Waals surface area contributed by atoms with E-state index in [2.05, 4.69) is 0 Å². The molecule has 1 saturated heterocycles. The molecule has 0 radical (unpaired) electrons. The van der Waals surface area contributed by atoms with E-state index in [1.165, 1.54) is 0 Å². The lowest BCUT2D eigenvalue weighted by Crippen LogP contribution is -2.55. The van der Waals surface area contributed by atoms with E-state index in [0.29, 0.717) is 23.8 Å². The number of ether oxygens (including phenoxy) is 2. The summed E-state index contributed by atoms with van der Waals surface area (Å²) >= 11 is 7.28. The summed E-state index contributed by atoms with van der Waals surface area (Å²) in [7, 11) is 0. The minimum absolute atomic E-state index is 0.343. The van der Waals surface area contributed by atoms with E-state index in [1.807, 2.05) is 31.2 Å². The first-order valence-corrected chi connectivity index (χ1v) is 10.7. The molecule has 1 fully saturated rings. The summed E-state index contributed by atoms with van der Waals surface area (Å²) in [6.45, 7) is 2.12. The summed E-state index contributed by atoms with van der Waals surface area (Å²) in [5.74, 6) is 1.27. The van der Waals surface area contributed by atoms with Crippen LogP contribution in [0.4, 0.5) is 0 Å². The molecule has 3 rings (SSSR count). The molecule has 29 heavy (non-hydrogen) atoms. The number of benzene rings is 2. The van der Waals surface area contributed by atoms with E-state index < -0.39 is 29.0 Å². The molecule has 0 amide bonds. The molecule has 6 nitrogen and oxygen atoms in total. The molecule has 0 saturated carbocycles. The molecule has 1 aliphatic rings. The van der Waals surface area contributed by atoms with Gasteiger partial charge >= 0.3 is 0 Å². The summed E-state index contributed by atoms with van der Waals surface area (Å²) in [6, 6.07) is 12.9. The van der Waals surface area contributed by atoms with Crippen LogP contribution < -0.4 is 9.47 Å². The Morgan fingerprint density at radius 3 is 2.45 bits per heavy atom. The predicted octanol–water partition coefficient (Wildman–Crippen LogP) is 2.22. The number of halogens is 1. The van der Waals surface area contributed by atoms with Gasteiger partial charge in [0.1, 0.15) is 23.7 Å². The number of thioether (sulfide) groups is 1. The number of hydrogen-bond acceptors (Lipinski definition) is 7. The van der Waals surface area contributed by atoms with Crippen LogP contribution in [0.2, 0.25) is 5.02 Å². The average Bonchev–Trinajstić information content (AvgIpc) is 2.71. The minimum Gasteiger partial charge on any atom is -0.494 e. The van der Waals surface area contributed by atoms with E-state index in [-0.39, 0.29) is 6.61 Å². The Morgan fingerprint density at radius 1 is 0.966 bits per heavy atom. The Balaban J connectivity index is 1.86. The minimum atomic E-state index is -1.41. The van der Waals surface area contributed by atoms with Gasteiger partial charge in [-0.2, -0.15) is 0 Å². The van der Waals surface area contributed by atoms with Crippen molar-refractivity contribution in [1.82, 2.24) is 0 Å². The third-order valence-corrected chi connectivity index (χ3v) is 6.42. The molecule has 4 N–H and O–H groups in total. The number of aliphatic hydroxyl groups excluding tert-OH is 4. The van der Waals surface area contributed by atoms with Gasteiger partial charge in [-0.3, -0.25) is 0 Å². The van der Waals surface area contributed by atoms with E-state index in [1.54, 1.807) is 18.2 Å². The van der Waals surface area contributed by atoms with Crippen LogP contribution in [0.5, 0.6) is 11.5 Å². The van der Waals surface area contributed by atoms with E-state index >= 15 is 0 Å². The summed E-state index contributed by atoms with van der Waals surface area (Å²) in [5, 5.41) is 39.8. The van der Waals surface area contributed by atoms with Crippen LogP contribution >= 0.6 is 23.4 Å². The smallest absolute Gasteiger partial charge is 0.173 e. The zero-order valence-electron chi connectivity index (χ0n) is 15.9. The SMILES string of the molecule is CCOc1ccccc1Cc1cc(Cl)ccc1O[C@@H]1S[C@H](CO)[C@@H](O)[C@H](O)[C@H]1O. The number of para-hydroxylation sites is 1. The Morgan fingerprint density at radius 2 is 1.72 bits per heavy atom. The number of aliphatic hydroxyl groups is 4. The molecule has 0 aromatic heterocycles. The van der Waals surface area contributed by atoms with Crippen molar-refractivity contribution >= 4 is 23.4 Å². The Kier molecular flexibility index (Phi) is 7.67. The van der Waals surface area contributed by atoms with Gasteiger partial charge in [0.25, 0.3) is 0 Å². The van der Waals surface area contributed by atoms with Crippen molar-refractivity contribution in [2.45, 2.75) is 42.3 Å². The largest absolute Gasteiger partial charge is 0.494 e. The van der Waals surface area contributed by atoms with Crippen molar-refractivity contribution in [3.8, 4) is 11.5 Å². The fraction of sp³-hybridized carbons (Fsp3) is 0.429. The van der Waals surface area contributed by atoms with Crippen LogP contribution in [0.3, 0.4) is 0 Å². The van der Waals surface area contributed by atoms with Crippen LogP contribution in [0.15, 0.2) is 42.5 Å². The summed E-state index contributed by atoms with van der Waals surface area (Å²) in [6.07, 6.45) is -3.46. The van der Waals surface area contributed by atoms with Gasteiger partial charge in [-0.05, 0) is 36.8 Å². The van der Waals surface area contributed by atoms with Crippen molar-refractivity contribution in [2.24, 2.45) is 0 Å². The highest BCUT2D eigenvalue weighted by Crippen LogP contribution is 2.36. The van der Waals surface area contributed by atoms with Crippen molar-refractivity contribution in [2.75, 3.05) is 13.2 Å². The fourth-order valence-electron chi connectivity index (χ4n) is 3.24. The molecular weight excluding hydrogens is 416 g/mol. The quantitative estimate of drug-likeness (QED) is 0.524. The first-order chi connectivity index (χ1) is 13.9. The Labute approximate surface area is 179 Å². The molecule has 0 aliphatic carbocycles. The standard InChI is InChI=1S/C21H25ClO6S/c1-2-27-15-6-4-3-5-12(15)9-13-10-14(22)7-8-16(13)28-21-20(26)19(25)18(24)17(11-23)29-21/h3-8,10,17-21,23-26H,2,9,11H2,1H3/t17-,18-,19+,20-,21-/m1/s1. The third kappa shape index (κ3) is 5.17. The molecule has 1 aliphatic heterocycles. The first-order valence-electron chi connectivity index (χ1n) is 9.41. The molecule has 5 atom stereocenters. The Bertz CT molecular complexity index is 818. The summed E-state index contributed by atoms with van der Waals surface area (Å²) < 4.78 is 11.7. The van der Waals surface area contributed by atoms with Crippen LogP contribution in [0, 0.1) is 0 Å². The maximum atomic E-state index is 10.3. The topological polar surface area (TPSA) is 99.4 Å². The lowest BCUT2D eigenvalue weighted by atomic mass is 10.0. The fourth-order valence-corrected chi connectivity index (χ4v) is 4.67. The highest BCUT2D eigenvalue weighted by Gasteiger charge is 2.44. The van der Waals surface area contributed by atoms with Gasteiger partial charge in [0.15, 0.2) is 5.44 Å². The van der Waals surface area contributed by atoms with E-state index in [9.17, 15) is 20.4 Å². The highest BCUT2D eigenvalue weighted by atomic mass is 35.5. The lowest BCUT2D eigenvalue weighted by molar-refractivity contribution is -0.0910. The summed E-state index contributed by atoms with van der Waals surface area (Å²) in [5.41, 5.74) is 0.897. The maximum absolute atomic E-state index is 10.3. The van der Waals surface area contributed by atoms with Gasteiger partial charge in [-0.1, -0.05) is 29.8 Å². The summed E-state index contributed by atoms with van der Waals surface area (Å²) in [4.78, 5) is 0. The monoisotopic (exact) mass is 440 g/mol. The number of rotatable bonds is 7. The third-order valence-electron chi connectivity index (χ3n) is 4.77.